The molecule has 1 unspecified atom stereocenters. The molecule has 0 aromatic heterocycles. The second-order valence-corrected chi connectivity index (χ2v) is 9.25. The van der Waals surface area contributed by atoms with E-state index in [1.54, 1.807) is 0 Å². The van der Waals surface area contributed by atoms with Gasteiger partial charge in [0.05, 0.1) is 0 Å². The summed E-state index contributed by atoms with van der Waals surface area (Å²) >= 11 is 1.52. The van der Waals surface area contributed by atoms with Crippen LogP contribution in [-0.4, -0.2) is 34.5 Å². The maximum Gasteiger partial charge on any atom is 0.327 e. The fraction of sp³-hybridized carbons (Fsp3) is 0.600. The van der Waals surface area contributed by atoms with Crippen LogP contribution in [0.1, 0.15) is 80.1 Å². The number of aliphatic carboxylic acids is 1. The van der Waals surface area contributed by atoms with Gasteiger partial charge >= 0.3 is 5.97 Å². The standard InChI is InChI=1S/C25H41NO3S/c1-19(2)10-7-11-20(3)12-8-13-21(4)14-9-15-22(5)16-17-30-18-24(25(28)29)26-23(6)27/h10,12,14,16,24H,7-9,11,13,15,17-18H2,1-6H3,(H,26,27)(H,28,29)/b20-12+,21-14+,22-16+. The second-order valence-electron chi connectivity index (χ2n) is 8.18. The molecule has 30 heavy (non-hydrogen) atoms. The Hall–Kier alpha value is -1.75. The third kappa shape index (κ3) is 17.1. The van der Waals surface area contributed by atoms with E-state index in [0.29, 0.717) is 5.75 Å². The first-order valence-electron chi connectivity index (χ1n) is 10.8. The van der Waals surface area contributed by atoms with Gasteiger partial charge in [0.25, 0.3) is 0 Å². The second kappa shape index (κ2) is 17.0. The number of allylic oxidation sites excluding steroid dienone is 7. The normalized spacial score (nSPS) is 13.7. The smallest absolute Gasteiger partial charge is 0.327 e. The Morgan fingerprint density at radius 3 is 1.70 bits per heavy atom. The van der Waals surface area contributed by atoms with Crippen molar-refractivity contribution >= 4 is 23.6 Å². The molecule has 0 saturated carbocycles. The Balaban J connectivity index is 4.12. The number of carbonyl (C=O) groups excluding carboxylic acids is 1. The van der Waals surface area contributed by atoms with Gasteiger partial charge in [0, 0.05) is 18.4 Å². The Kier molecular flexibility index (Phi) is 16.0. The van der Waals surface area contributed by atoms with Crippen LogP contribution in [0.4, 0.5) is 0 Å². The van der Waals surface area contributed by atoms with Crippen molar-refractivity contribution in [2.24, 2.45) is 0 Å². The summed E-state index contributed by atoms with van der Waals surface area (Å²) in [6.45, 7) is 12.2. The first-order valence-corrected chi connectivity index (χ1v) is 11.9. The van der Waals surface area contributed by atoms with Gasteiger partial charge in [0.2, 0.25) is 5.91 Å². The number of nitrogens with one attached hydrogen (secondary N) is 1. The highest BCUT2D eigenvalue weighted by atomic mass is 32.2. The van der Waals surface area contributed by atoms with Gasteiger partial charge < -0.3 is 10.4 Å². The van der Waals surface area contributed by atoms with Crippen molar-refractivity contribution in [1.29, 1.82) is 0 Å². The maximum absolute atomic E-state index is 11.1. The van der Waals surface area contributed by atoms with Gasteiger partial charge in [-0.05, 0) is 73.1 Å². The minimum Gasteiger partial charge on any atom is -0.480 e. The van der Waals surface area contributed by atoms with Gasteiger partial charge in [0.1, 0.15) is 6.04 Å². The maximum atomic E-state index is 11.1. The summed E-state index contributed by atoms with van der Waals surface area (Å²) in [5.74, 6) is -0.170. The van der Waals surface area contributed by atoms with Gasteiger partial charge in [-0.15, -0.1) is 0 Å². The lowest BCUT2D eigenvalue weighted by Crippen LogP contribution is -2.41. The number of carbonyl (C=O) groups is 2. The van der Waals surface area contributed by atoms with Gasteiger partial charge in [-0.3, -0.25) is 4.79 Å². The molecule has 0 aromatic rings. The molecular formula is C25H41NO3S. The summed E-state index contributed by atoms with van der Waals surface area (Å²) in [7, 11) is 0. The molecule has 0 bridgehead atoms. The fourth-order valence-corrected chi connectivity index (χ4v) is 3.79. The molecule has 0 rings (SSSR count). The minimum atomic E-state index is -0.989. The molecule has 4 nitrogen and oxygen atoms in total. The summed E-state index contributed by atoms with van der Waals surface area (Å²) in [5, 5.41) is 11.6. The average molecular weight is 436 g/mol. The zero-order valence-electron chi connectivity index (χ0n) is 19.7. The third-order valence-corrected chi connectivity index (χ3v) is 5.64. The molecule has 0 radical (unpaired) electrons. The van der Waals surface area contributed by atoms with Gasteiger partial charge in [-0.2, -0.15) is 11.8 Å². The number of rotatable bonds is 15. The Morgan fingerprint density at radius 2 is 1.27 bits per heavy atom. The lowest BCUT2D eigenvalue weighted by Gasteiger charge is -2.12. The van der Waals surface area contributed by atoms with E-state index in [1.807, 2.05) is 0 Å². The summed E-state index contributed by atoms with van der Waals surface area (Å²) in [6.07, 6.45) is 15.7. The number of carboxylic acids is 1. The average Bonchev–Trinajstić information content (AvgIpc) is 2.63. The van der Waals surface area contributed by atoms with E-state index in [1.165, 1.54) is 41.0 Å². The van der Waals surface area contributed by atoms with Crippen LogP contribution < -0.4 is 5.32 Å². The first kappa shape index (κ1) is 28.2. The fourth-order valence-electron chi connectivity index (χ4n) is 2.79. The van der Waals surface area contributed by atoms with Crippen LogP contribution in [-0.2, 0) is 9.59 Å². The largest absolute Gasteiger partial charge is 0.480 e. The number of thioether (sulfide) groups is 1. The lowest BCUT2D eigenvalue weighted by molar-refractivity contribution is -0.140. The van der Waals surface area contributed by atoms with Crippen LogP contribution in [0.25, 0.3) is 0 Å². The Bertz CT molecular complexity index is 655. The highest BCUT2D eigenvalue weighted by molar-refractivity contribution is 7.99. The van der Waals surface area contributed by atoms with Crippen molar-refractivity contribution in [3.8, 4) is 0 Å². The van der Waals surface area contributed by atoms with E-state index in [4.69, 9.17) is 5.11 Å². The molecule has 0 aliphatic carbocycles. The third-order valence-electron chi connectivity index (χ3n) is 4.66. The molecule has 0 saturated heterocycles. The predicted octanol–water partition coefficient (Wildman–Crippen LogP) is 6.45. The van der Waals surface area contributed by atoms with Crippen LogP contribution in [0, 0.1) is 0 Å². The van der Waals surface area contributed by atoms with Crippen LogP contribution in [0.15, 0.2) is 46.6 Å². The molecular weight excluding hydrogens is 394 g/mol. The summed E-state index contributed by atoms with van der Waals surface area (Å²) in [5.41, 5.74) is 5.61. The van der Waals surface area contributed by atoms with Crippen molar-refractivity contribution in [2.45, 2.75) is 86.1 Å². The SMILES string of the molecule is CC(=O)NC(CSC/C=C(\C)CC/C=C(\C)CC/C=C(\C)CCC=C(C)C)C(=O)O. The van der Waals surface area contributed by atoms with Crippen molar-refractivity contribution in [3.63, 3.8) is 0 Å². The van der Waals surface area contributed by atoms with Crippen molar-refractivity contribution in [2.75, 3.05) is 11.5 Å². The quantitative estimate of drug-likeness (QED) is 0.229. The Labute approximate surface area is 188 Å². The molecule has 0 spiro atoms. The van der Waals surface area contributed by atoms with Crippen molar-refractivity contribution in [3.05, 3.63) is 46.6 Å². The molecule has 0 aliphatic heterocycles. The summed E-state index contributed by atoms with van der Waals surface area (Å²) in [4.78, 5) is 22.1. The van der Waals surface area contributed by atoms with E-state index in [2.05, 4.69) is 64.2 Å². The molecule has 2 N–H and O–H groups in total. The number of hydrogen-bond acceptors (Lipinski definition) is 3. The lowest BCUT2D eigenvalue weighted by atomic mass is 10.0. The molecule has 0 heterocycles. The molecule has 1 atom stereocenters. The van der Waals surface area contributed by atoms with Gasteiger partial charge in [0.15, 0.2) is 0 Å². The van der Waals surface area contributed by atoms with Crippen LogP contribution in [0.5, 0.6) is 0 Å². The van der Waals surface area contributed by atoms with Crippen molar-refractivity contribution in [1.82, 2.24) is 5.32 Å². The number of carboxylic acid groups (broad SMARTS) is 1. The highest BCUT2D eigenvalue weighted by Crippen LogP contribution is 2.14. The van der Waals surface area contributed by atoms with Crippen LogP contribution in [0.2, 0.25) is 0 Å². The van der Waals surface area contributed by atoms with Crippen LogP contribution in [0.3, 0.4) is 0 Å². The molecule has 5 heteroatoms. The summed E-state index contributed by atoms with van der Waals surface area (Å²) < 4.78 is 0. The van der Waals surface area contributed by atoms with E-state index >= 15 is 0 Å². The molecule has 1 amide bonds. The number of hydrogen-bond donors (Lipinski definition) is 2. The predicted molar refractivity (Wildman–Crippen MR) is 131 cm³/mol. The van der Waals surface area contributed by atoms with Gasteiger partial charge in [-0.25, -0.2) is 4.79 Å². The monoisotopic (exact) mass is 435 g/mol. The van der Waals surface area contributed by atoms with Gasteiger partial charge in [-0.1, -0.05) is 46.6 Å². The topological polar surface area (TPSA) is 66.4 Å². The minimum absolute atomic E-state index is 0.314. The molecule has 0 aromatic carbocycles. The summed E-state index contributed by atoms with van der Waals surface area (Å²) in [6, 6.07) is -0.822. The Morgan fingerprint density at radius 1 is 0.800 bits per heavy atom. The highest BCUT2D eigenvalue weighted by Gasteiger charge is 2.17. The van der Waals surface area contributed by atoms with Crippen molar-refractivity contribution < 1.29 is 14.7 Å². The number of amides is 1. The first-order chi connectivity index (χ1) is 14.1. The molecule has 0 fully saturated rings. The van der Waals surface area contributed by atoms with Crippen LogP contribution >= 0.6 is 11.8 Å². The molecule has 0 aliphatic rings. The zero-order chi connectivity index (χ0) is 22.9. The van der Waals surface area contributed by atoms with E-state index in [-0.39, 0.29) is 5.91 Å². The van der Waals surface area contributed by atoms with E-state index in [9.17, 15) is 9.59 Å². The molecule has 170 valence electrons. The zero-order valence-corrected chi connectivity index (χ0v) is 20.5. The van der Waals surface area contributed by atoms with E-state index in [0.717, 1.165) is 44.3 Å². The van der Waals surface area contributed by atoms with E-state index < -0.39 is 12.0 Å².